The van der Waals surface area contributed by atoms with Gasteiger partial charge < -0.3 is 19.5 Å². The van der Waals surface area contributed by atoms with Crippen LogP contribution >= 0.6 is 0 Å². The molecule has 148 valence electrons. The number of phenolic OH excluding ortho intramolecular Hbond substituents is 1. The fraction of sp³-hybridized carbons (Fsp3) is 0.368. The van der Waals surface area contributed by atoms with E-state index in [0.29, 0.717) is 41.8 Å². The van der Waals surface area contributed by atoms with Crippen LogP contribution in [0.25, 0.3) is 22.6 Å². The standard InChI is InChI=1S/C19H18F3N3O3/c1-25-14-6-7-16(28-12-4-3-11(26)9-12)23-17(14)24-18(25)13-5-2-10(8-15(13)27)19(20,21)22/h2,5-8,11-12,26-27H,3-4,9H2,1H3/t11-,12-/m0/s1. The van der Waals surface area contributed by atoms with Gasteiger partial charge in [-0.3, -0.25) is 0 Å². The maximum Gasteiger partial charge on any atom is 0.416 e. The number of hydrogen-bond donors (Lipinski definition) is 2. The summed E-state index contributed by atoms with van der Waals surface area (Å²) in [6, 6.07) is 6.21. The Balaban J connectivity index is 1.68. The van der Waals surface area contributed by atoms with Gasteiger partial charge in [0.05, 0.1) is 22.7 Å². The summed E-state index contributed by atoms with van der Waals surface area (Å²) in [5.74, 6) is 0.153. The number of alkyl halides is 3. The van der Waals surface area contributed by atoms with E-state index in [2.05, 4.69) is 9.97 Å². The number of nitrogens with zero attached hydrogens (tertiary/aromatic N) is 3. The van der Waals surface area contributed by atoms with E-state index in [0.717, 1.165) is 12.5 Å². The highest BCUT2D eigenvalue weighted by Gasteiger charge is 2.31. The van der Waals surface area contributed by atoms with Crippen molar-refractivity contribution in [2.45, 2.75) is 37.6 Å². The third kappa shape index (κ3) is 3.37. The zero-order chi connectivity index (χ0) is 20.1. The number of aliphatic hydroxyl groups is 1. The normalized spacial score (nSPS) is 20.0. The molecule has 0 aliphatic heterocycles. The van der Waals surface area contributed by atoms with Crippen molar-refractivity contribution in [3.8, 4) is 23.0 Å². The van der Waals surface area contributed by atoms with Gasteiger partial charge in [-0.15, -0.1) is 0 Å². The van der Waals surface area contributed by atoms with Crippen molar-refractivity contribution in [2.24, 2.45) is 7.05 Å². The molecule has 0 spiro atoms. The molecule has 1 fully saturated rings. The van der Waals surface area contributed by atoms with E-state index in [9.17, 15) is 23.4 Å². The maximum atomic E-state index is 12.8. The molecule has 28 heavy (non-hydrogen) atoms. The number of aromatic nitrogens is 3. The molecule has 1 saturated carbocycles. The molecular weight excluding hydrogens is 375 g/mol. The molecule has 1 aromatic carbocycles. The van der Waals surface area contributed by atoms with Gasteiger partial charge in [0, 0.05) is 19.5 Å². The lowest BCUT2D eigenvalue weighted by Crippen LogP contribution is -2.14. The Morgan fingerprint density at radius 3 is 2.57 bits per heavy atom. The van der Waals surface area contributed by atoms with Gasteiger partial charge >= 0.3 is 6.18 Å². The van der Waals surface area contributed by atoms with Gasteiger partial charge in [-0.25, -0.2) is 4.98 Å². The summed E-state index contributed by atoms with van der Waals surface area (Å²) in [4.78, 5) is 8.73. The topological polar surface area (TPSA) is 80.4 Å². The van der Waals surface area contributed by atoms with E-state index >= 15 is 0 Å². The van der Waals surface area contributed by atoms with E-state index in [1.807, 2.05) is 0 Å². The Morgan fingerprint density at radius 1 is 1.14 bits per heavy atom. The SMILES string of the molecule is Cn1c(-c2ccc(C(F)(F)F)cc2O)nc2nc(O[C@H]3CC[C@H](O)C3)ccc21. The summed E-state index contributed by atoms with van der Waals surface area (Å²) in [7, 11) is 1.69. The molecule has 0 radical (unpaired) electrons. The number of fused-ring (bicyclic) bond motifs is 1. The number of aromatic hydroxyl groups is 1. The molecule has 0 amide bonds. The lowest BCUT2D eigenvalue weighted by molar-refractivity contribution is -0.137. The number of rotatable bonds is 3. The van der Waals surface area contributed by atoms with Gasteiger partial charge in [0.15, 0.2) is 5.65 Å². The van der Waals surface area contributed by atoms with Crippen LogP contribution in [0.2, 0.25) is 0 Å². The first kappa shape index (κ1) is 18.5. The second kappa shape index (κ2) is 6.66. The van der Waals surface area contributed by atoms with Crippen LogP contribution in [0.3, 0.4) is 0 Å². The number of halogens is 3. The molecule has 6 nitrogen and oxygen atoms in total. The van der Waals surface area contributed by atoms with Crippen LogP contribution in [0.1, 0.15) is 24.8 Å². The maximum absolute atomic E-state index is 12.8. The molecule has 3 aromatic rings. The molecule has 2 N–H and O–H groups in total. The fourth-order valence-corrected chi connectivity index (χ4v) is 3.46. The largest absolute Gasteiger partial charge is 0.507 e. The lowest BCUT2D eigenvalue weighted by atomic mass is 10.1. The molecular formula is C19H18F3N3O3. The minimum absolute atomic E-state index is 0.109. The van der Waals surface area contributed by atoms with Crippen molar-refractivity contribution in [3.05, 3.63) is 35.9 Å². The van der Waals surface area contributed by atoms with Crippen molar-refractivity contribution in [1.82, 2.24) is 14.5 Å². The van der Waals surface area contributed by atoms with Crippen LogP contribution in [0, 0.1) is 0 Å². The van der Waals surface area contributed by atoms with Crippen LogP contribution in [0.5, 0.6) is 11.6 Å². The molecule has 0 bridgehead atoms. The molecule has 1 aliphatic carbocycles. The molecule has 0 saturated heterocycles. The minimum Gasteiger partial charge on any atom is -0.507 e. The highest BCUT2D eigenvalue weighted by atomic mass is 19.4. The molecule has 4 rings (SSSR count). The molecule has 9 heteroatoms. The summed E-state index contributed by atoms with van der Waals surface area (Å²) >= 11 is 0. The third-order valence-electron chi connectivity index (χ3n) is 4.93. The van der Waals surface area contributed by atoms with Crippen LogP contribution in [0.15, 0.2) is 30.3 Å². The summed E-state index contributed by atoms with van der Waals surface area (Å²) < 4.78 is 45.9. The van der Waals surface area contributed by atoms with E-state index in [-0.39, 0.29) is 17.8 Å². The Labute approximate surface area is 158 Å². The van der Waals surface area contributed by atoms with Crippen LogP contribution < -0.4 is 4.74 Å². The Kier molecular flexibility index (Phi) is 4.41. The van der Waals surface area contributed by atoms with Crippen molar-refractivity contribution >= 4 is 11.2 Å². The van der Waals surface area contributed by atoms with E-state index in [1.54, 1.807) is 23.7 Å². The Morgan fingerprint density at radius 2 is 1.93 bits per heavy atom. The molecule has 2 aromatic heterocycles. The minimum atomic E-state index is -4.54. The molecule has 2 heterocycles. The third-order valence-corrected chi connectivity index (χ3v) is 4.93. The van der Waals surface area contributed by atoms with E-state index < -0.39 is 17.5 Å². The van der Waals surface area contributed by atoms with Crippen LogP contribution in [0.4, 0.5) is 13.2 Å². The monoisotopic (exact) mass is 393 g/mol. The smallest absolute Gasteiger partial charge is 0.416 e. The first-order valence-corrected chi connectivity index (χ1v) is 8.81. The highest BCUT2D eigenvalue weighted by Crippen LogP contribution is 2.37. The van der Waals surface area contributed by atoms with Crippen molar-refractivity contribution in [1.29, 1.82) is 0 Å². The number of aliphatic hydroxyl groups excluding tert-OH is 1. The van der Waals surface area contributed by atoms with Crippen LogP contribution in [-0.2, 0) is 13.2 Å². The van der Waals surface area contributed by atoms with Gasteiger partial charge in [0.25, 0.3) is 0 Å². The Bertz CT molecular complexity index is 1030. The van der Waals surface area contributed by atoms with Gasteiger partial charge in [0.2, 0.25) is 5.88 Å². The molecule has 1 aliphatic rings. The highest BCUT2D eigenvalue weighted by molar-refractivity contribution is 5.79. The zero-order valence-electron chi connectivity index (χ0n) is 14.9. The molecule has 0 unspecified atom stereocenters. The number of ether oxygens (including phenoxy) is 1. The van der Waals surface area contributed by atoms with Crippen LogP contribution in [-0.4, -0.2) is 37.0 Å². The zero-order valence-corrected chi connectivity index (χ0v) is 14.9. The number of hydrogen-bond acceptors (Lipinski definition) is 5. The predicted molar refractivity (Wildman–Crippen MR) is 94.9 cm³/mol. The summed E-state index contributed by atoms with van der Waals surface area (Å²) in [6.45, 7) is 0. The number of benzene rings is 1. The predicted octanol–water partition coefficient (Wildman–Crippen LogP) is 3.65. The average molecular weight is 393 g/mol. The summed E-state index contributed by atoms with van der Waals surface area (Å²) in [5, 5.41) is 19.7. The quantitative estimate of drug-likeness (QED) is 0.710. The van der Waals surface area contributed by atoms with Gasteiger partial charge in [-0.05, 0) is 37.1 Å². The fourth-order valence-electron chi connectivity index (χ4n) is 3.46. The number of imidazole rings is 1. The molecule has 2 atom stereocenters. The van der Waals surface area contributed by atoms with Gasteiger partial charge in [-0.1, -0.05) is 0 Å². The average Bonchev–Trinajstić information content (AvgIpc) is 3.17. The van der Waals surface area contributed by atoms with Crippen molar-refractivity contribution < 1.29 is 28.1 Å². The number of pyridine rings is 1. The second-order valence-corrected chi connectivity index (χ2v) is 6.92. The number of phenols is 1. The first-order chi connectivity index (χ1) is 13.2. The van der Waals surface area contributed by atoms with E-state index in [4.69, 9.17) is 4.74 Å². The van der Waals surface area contributed by atoms with Gasteiger partial charge in [-0.2, -0.15) is 18.2 Å². The number of aryl methyl sites for hydroxylation is 1. The summed E-state index contributed by atoms with van der Waals surface area (Å²) in [6.07, 6.45) is -3.03. The van der Waals surface area contributed by atoms with Crippen molar-refractivity contribution in [3.63, 3.8) is 0 Å². The summed E-state index contributed by atoms with van der Waals surface area (Å²) in [5.41, 5.74) is 0.246. The lowest BCUT2D eigenvalue weighted by Gasteiger charge is -2.11. The second-order valence-electron chi connectivity index (χ2n) is 6.92. The van der Waals surface area contributed by atoms with Gasteiger partial charge in [0.1, 0.15) is 17.7 Å². The van der Waals surface area contributed by atoms with E-state index in [1.165, 1.54) is 6.07 Å². The Hall–Kier alpha value is -2.81. The van der Waals surface area contributed by atoms with Crippen molar-refractivity contribution in [2.75, 3.05) is 0 Å². The first-order valence-electron chi connectivity index (χ1n) is 8.81.